The number of nitrogens with one attached hydrogen (secondary N) is 1. The zero-order chi connectivity index (χ0) is 15.2. The second-order valence-corrected chi connectivity index (χ2v) is 5.74. The molecule has 1 N–H and O–H groups in total. The van der Waals surface area contributed by atoms with Crippen LogP contribution in [-0.4, -0.2) is 18.7 Å². The molecule has 0 spiro atoms. The van der Waals surface area contributed by atoms with Gasteiger partial charge in [0, 0.05) is 6.07 Å². The van der Waals surface area contributed by atoms with Gasteiger partial charge in [-0.3, -0.25) is 4.79 Å². The number of aryl methyl sites for hydroxylation is 1. The number of hydrogen-bond donors (Lipinski definition) is 1. The first-order valence-corrected chi connectivity index (χ1v) is 7.59. The minimum Gasteiger partial charge on any atom is -0.484 e. The summed E-state index contributed by atoms with van der Waals surface area (Å²) < 4.78 is 11.9. The molecule has 1 aromatic heterocycles. The minimum atomic E-state index is -0.350. The second kappa shape index (κ2) is 7.42. The van der Waals surface area contributed by atoms with E-state index in [2.05, 4.69) is 42.4 Å². The van der Waals surface area contributed by atoms with Crippen LogP contribution in [-0.2, 0) is 4.79 Å². The molecule has 0 aliphatic carbocycles. The second-order valence-electron chi connectivity index (χ2n) is 4.17. The third-order valence-electron chi connectivity index (χ3n) is 2.44. The molecule has 2 aromatic rings. The van der Waals surface area contributed by atoms with Crippen molar-refractivity contribution in [3.8, 4) is 5.75 Å². The lowest BCUT2D eigenvalue weighted by atomic mass is 10.2. The fraction of sp³-hybridized carbons (Fsp3) is 0.143. The predicted molar refractivity (Wildman–Crippen MR) is 86.5 cm³/mol. The van der Waals surface area contributed by atoms with E-state index in [1.165, 1.54) is 6.21 Å². The number of hydrogen-bond acceptors (Lipinski definition) is 4. The Bertz CT molecular complexity index is 631. The summed E-state index contributed by atoms with van der Waals surface area (Å²) in [5.74, 6) is 0.795. The van der Waals surface area contributed by atoms with Crippen LogP contribution in [0.4, 0.5) is 0 Å². The summed E-state index contributed by atoms with van der Waals surface area (Å²) in [7, 11) is 0. The Balaban J connectivity index is 1.78. The number of benzene rings is 1. The Kier molecular flexibility index (Phi) is 5.58. The largest absolute Gasteiger partial charge is 0.484 e. The third-order valence-corrected chi connectivity index (χ3v) is 4.15. The summed E-state index contributed by atoms with van der Waals surface area (Å²) in [6.45, 7) is 1.88. The van der Waals surface area contributed by atoms with Crippen LogP contribution in [0.5, 0.6) is 5.75 Å². The average molecular weight is 416 g/mol. The third kappa shape index (κ3) is 5.02. The Morgan fingerprint density at radius 1 is 1.38 bits per heavy atom. The molecule has 21 heavy (non-hydrogen) atoms. The first kappa shape index (κ1) is 15.8. The topological polar surface area (TPSA) is 63.8 Å². The molecule has 0 fully saturated rings. The molecule has 0 unspecified atom stereocenters. The number of hydrazone groups is 1. The maximum absolute atomic E-state index is 11.5. The fourth-order valence-corrected chi connectivity index (χ4v) is 2.02. The van der Waals surface area contributed by atoms with Gasteiger partial charge in [0.2, 0.25) is 0 Å². The average Bonchev–Trinajstić information content (AvgIpc) is 2.77. The zero-order valence-corrected chi connectivity index (χ0v) is 14.3. The van der Waals surface area contributed by atoms with E-state index in [0.717, 1.165) is 10.0 Å². The standard InChI is InChI=1S/C14H12Br2N2O3/c1-9-2-4-10(5-3-9)20-8-13(19)18-17-7-11-6-12(15)14(16)21-11/h2-7H,8H2,1H3,(H,18,19)/b17-7-. The first-order chi connectivity index (χ1) is 10.0. The van der Waals surface area contributed by atoms with E-state index >= 15 is 0 Å². The van der Waals surface area contributed by atoms with E-state index < -0.39 is 0 Å². The molecule has 5 nitrogen and oxygen atoms in total. The van der Waals surface area contributed by atoms with Gasteiger partial charge in [-0.15, -0.1) is 0 Å². The van der Waals surface area contributed by atoms with Crippen LogP contribution < -0.4 is 10.2 Å². The molecule has 1 amide bonds. The summed E-state index contributed by atoms with van der Waals surface area (Å²) in [6.07, 6.45) is 1.40. The summed E-state index contributed by atoms with van der Waals surface area (Å²) in [5, 5.41) is 3.78. The summed E-state index contributed by atoms with van der Waals surface area (Å²) in [5.41, 5.74) is 3.49. The zero-order valence-electron chi connectivity index (χ0n) is 11.1. The molecule has 0 aliphatic rings. The van der Waals surface area contributed by atoms with E-state index in [1.807, 2.05) is 31.2 Å². The van der Waals surface area contributed by atoms with E-state index in [0.29, 0.717) is 16.2 Å². The van der Waals surface area contributed by atoms with Crippen molar-refractivity contribution in [3.63, 3.8) is 0 Å². The lowest BCUT2D eigenvalue weighted by Crippen LogP contribution is -2.24. The Morgan fingerprint density at radius 2 is 2.10 bits per heavy atom. The highest BCUT2D eigenvalue weighted by atomic mass is 79.9. The Hall–Kier alpha value is -1.60. The van der Waals surface area contributed by atoms with Gasteiger partial charge in [-0.2, -0.15) is 5.10 Å². The van der Waals surface area contributed by atoms with Gasteiger partial charge < -0.3 is 9.15 Å². The van der Waals surface area contributed by atoms with Crippen LogP contribution in [0.25, 0.3) is 0 Å². The maximum Gasteiger partial charge on any atom is 0.277 e. The quantitative estimate of drug-likeness (QED) is 0.598. The van der Waals surface area contributed by atoms with Gasteiger partial charge in [0.15, 0.2) is 11.3 Å². The van der Waals surface area contributed by atoms with Crippen molar-refractivity contribution in [2.75, 3.05) is 6.61 Å². The first-order valence-electron chi connectivity index (χ1n) is 6.01. The molecular weight excluding hydrogens is 404 g/mol. The number of furan rings is 1. The molecule has 0 atom stereocenters. The number of carbonyl (C=O) groups is 1. The molecule has 0 saturated heterocycles. The molecule has 1 aromatic carbocycles. The van der Waals surface area contributed by atoms with E-state index in [4.69, 9.17) is 9.15 Å². The van der Waals surface area contributed by atoms with Gasteiger partial charge >= 0.3 is 0 Å². The van der Waals surface area contributed by atoms with Crippen molar-refractivity contribution in [1.29, 1.82) is 0 Å². The molecule has 110 valence electrons. The summed E-state index contributed by atoms with van der Waals surface area (Å²) in [6, 6.07) is 9.17. The van der Waals surface area contributed by atoms with Crippen molar-refractivity contribution in [3.05, 3.63) is 50.8 Å². The molecule has 0 aliphatic heterocycles. The van der Waals surface area contributed by atoms with Gasteiger partial charge in [0.1, 0.15) is 11.5 Å². The van der Waals surface area contributed by atoms with Gasteiger partial charge in [-0.1, -0.05) is 17.7 Å². The summed E-state index contributed by atoms with van der Waals surface area (Å²) >= 11 is 6.49. The SMILES string of the molecule is Cc1ccc(OCC(=O)N/N=C\c2cc(Br)c(Br)o2)cc1. The normalized spacial score (nSPS) is 10.8. The molecule has 1 heterocycles. The number of amides is 1. The van der Waals surface area contributed by atoms with Gasteiger partial charge in [0.25, 0.3) is 5.91 Å². The highest BCUT2D eigenvalue weighted by Gasteiger charge is 2.04. The molecule has 0 bridgehead atoms. The van der Waals surface area contributed by atoms with Crippen molar-refractivity contribution in [1.82, 2.24) is 5.43 Å². The maximum atomic E-state index is 11.5. The van der Waals surface area contributed by atoms with Crippen LogP contribution in [0.1, 0.15) is 11.3 Å². The Morgan fingerprint density at radius 3 is 2.71 bits per heavy atom. The van der Waals surface area contributed by atoms with Crippen LogP contribution in [0.2, 0.25) is 0 Å². The lowest BCUT2D eigenvalue weighted by molar-refractivity contribution is -0.123. The van der Waals surface area contributed by atoms with Crippen LogP contribution in [0.15, 0.2) is 49.0 Å². The van der Waals surface area contributed by atoms with Gasteiger partial charge in [0.05, 0.1) is 10.7 Å². The molecular formula is C14H12Br2N2O3. The van der Waals surface area contributed by atoms with Crippen molar-refractivity contribution in [2.24, 2.45) is 5.10 Å². The molecule has 0 saturated carbocycles. The summed E-state index contributed by atoms with van der Waals surface area (Å²) in [4.78, 5) is 11.5. The number of halogens is 2. The highest BCUT2D eigenvalue weighted by molar-refractivity contribution is 9.13. The monoisotopic (exact) mass is 414 g/mol. The molecule has 7 heteroatoms. The number of rotatable bonds is 5. The number of nitrogens with zero attached hydrogens (tertiary/aromatic N) is 1. The molecule has 0 radical (unpaired) electrons. The van der Waals surface area contributed by atoms with E-state index in [1.54, 1.807) is 6.07 Å². The van der Waals surface area contributed by atoms with Crippen molar-refractivity contribution in [2.45, 2.75) is 6.92 Å². The van der Waals surface area contributed by atoms with Crippen LogP contribution >= 0.6 is 31.9 Å². The molecule has 2 rings (SSSR count). The van der Waals surface area contributed by atoms with E-state index in [9.17, 15) is 4.79 Å². The number of carbonyl (C=O) groups excluding carboxylic acids is 1. The predicted octanol–water partition coefficient (Wildman–Crippen LogP) is 3.64. The Labute approximate surface area is 138 Å². The lowest BCUT2D eigenvalue weighted by Gasteiger charge is -2.04. The number of ether oxygens (including phenoxy) is 1. The fourth-order valence-electron chi connectivity index (χ4n) is 1.41. The minimum absolute atomic E-state index is 0.105. The highest BCUT2D eigenvalue weighted by Crippen LogP contribution is 2.25. The van der Waals surface area contributed by atoms with Crippen LogP contribution in [0.3, 0.4) is 0 Å². The van der Waals surface area contributed by atoms with Crippen molar-refractivity contribution >= 4 is 44.0 Å². The van der Waals surface area contributed by atoms with Crippen LogP contribution in [0, 0.1) is 6.92 Å². The van der Waals surface area contributed by atoms with Gasteiger partial charge in [-0.25, -0.2) is 5.43 Å². The van der Waals surface area contributed by atoms with E-state index in [-0.39, 0.29) is 12.5 Å². The van der Waals surface area contributed by atoms with Gasteiger partial charge in [-0.05, 0) is 50.9 Å². The smallest absolute Gasteiger partial charge is 0.277 e. The van der Waals surface area contributed by atoms with Crippen molar-refractivity contribution < 1.29 is 13.9 Å².